The molecule has 0 aliphatic carbocycles. The summed E-state index contributed by atoms with van der Waals surface area (Å²) in [5, 5.41) is 11.0. The van der Waals surface area contributed by atoms with E-state index >= 15 is 0 Å². The van der Waals surface area contributed by atoms with Gasteiger partial charge in [-0.15, -0.1) is 5.75 Å². The molecule has 11 heavy (non-hydrogen) atoms. The zero-order chi connectivity index (χ0) is 8.27. The van der Waals surface area contributed by atoms with Crippen LogP contribution in [0.15, 0.2) is 18.2 Å². The Hall–Kier alpha value is -1.18. The monoisotopic (exact) mass is 150 g/mol. The first-order valence-electron chi connectivity index (χ1n) is 3.41. The van der Waals surface area contributed by atoms with Crippen molar-refractivity contribution in [2.75, 3.05) is 7.11 Å². The first kappa shape index (κ1) is 7.92. The average molecular weight is 150 g/mol. The molecule has 0 aromatic heterocycles. The van der Waals surface area contributed by atoms with Gasteiger partial charge in [0.25, 0.3) is 0 Å². The van der Waals surface area contributed by atoms with Gasteiger partial charge < -0.3 is 16.8 Å². The Labute approximate surface area is 66.4 Å². The zero-order valence-corrected chi connectivity index (χ0v) is 6.46. The number of benzene rings is 1. The average Bonchev–Trinajstić information content (AvgIpc) is 2.05. The van der Waals surface area contributed by atoms with Crippen molar-refractivity contribution in [2.24, 2.45) is 0 Å². The molecule has 1 aromatic rings. The van der Waals surface area contributed by atoms with E-state index in [0.29, 0.717) is 17.7 Å². The van der Waals surface area contributed by atoms with Crippen LogP contribution < -0.4 is 9.84 Å². The molecule has 0 heterocycles. The van der Waals surface area contributed by atoms with Crippen LogP contribution in [-0.4, -0.2) is 7.11 Å². The molecule has 0 unspecified atom stereocenters. The molecule has 0 amide bonds. The fourth-order valence-electron chi connectivity index (χ4n) is 0.878. The normalized spacial score (nSPS) is 9.64. The summed E-state index contributed by atoms with van der Waals surface area (Å²) in [7, 11) is 1.58. The van der Waals surface area contributed by atoms with Crippen LogP contribution in [0.5, 0.6) is 11.5 Å². The fraction of sp³-hybridized carbons (Fsp3) is 0.222. The summed E-state index contributed by atoms with van der Waals surface area (Å²) in [6.07, 6.45) is 0.510. The van der Waals surface area contributed by atoms with E-state index in [9.17, 15) is 5.11 Å². The van der Waals surface area contributed by atoms with E-state index in [4.69, 9.17) is 4.74 Å². The highest BCUT2D eigenvalue weighted by Gasteiger charge is 1.91. The maximum atomic E-state index is 11.0. The van der Waals surface area contributed by atoms with Crippen molar-refractivity contribution in [1.82, 2.24) is 0 Å². The third kappa shape index (κ3) is 1.64. The van der Waals surface area contributed by atoms with Crippen molar-refractivity contribution in [3.63, 3.8) is 0 Å². The lowest BCUT2D eigenvalue weighted by molar-refractivity contribution is -0.269. The topological polar surface area (TPSA) is 32.3 Å². The number of hydrogen-bond donors (Lipinski definition) is 0. The molecule has 0 spiro atoms. The number of hydrogen-bond acceptors (Lipinski definition) is 2. The predicted molar refractivity (Wildman–Crippen MR) is 41.5 cm³/mol. The van der Waals surface area contributed by atoms with Gasteiger partial charge in [-0.25, -0.2) is 0 Å². The minimum atomic E-state index is 0.0285. The van der Waals surface area contributed by atoms with Crippen molar-refractivity contribution in [3.05, 3.63) is 30.7 Å². The molecule has 0 bridgehead atoms. The van der Waals surface area contributed by atoms with Crippen LogP contribution in [0.1, 0.15) is 5.56 Å². The van der Waals surface area contributed by atoms with E-state index in [1.165, 1.54) is 6.07 Å². The standard InChI is InChI=1S/C9H11O2/c1-3-7-6-8(11-2)4-5-9(7)10/h4-6,10H,1,3H2,2H3/q-1/p-1. The van der Waals surface area contributed by atoms with Gasteiger partial charge in [0.05, 0.1) is 7.11 Å². The van der Waals surface area contributed by atoms with Crippen molar-refractivity contribution in [2.45, 2.75) is 6.42 Å². The molecule has 0 fully saturated rings. The lowest BCUT2D eigenvalue weighted by Crippen LogP contribution is -1.96. The fourth-order valence-corrected chi connectivity index (χ4v) is 0.878. The molecule has 0 atom stereocenters. The van der Waals surface area contributed by atoms with Crippen molar-refractivity contribution >= 4 is 0 Å². The SMILES string of the molecule is [CH2-]Cc1cc(OC)ccc1[O-]. The summed E-state index contributed by atoms with van der Waals surface area (Å²) in [4.78, 5) is 0. The van der Waals surface area contributed by atoms with Gasteiger partial charge in [0, 0.05) is 0 Å². The number of ether oxygens (including phenoxy) is 1. The van der Waals surface area contributed by atoms with Crippen molar-refractivity contribution in [3.8, 4) is 11.5 Å². The lowest BCUT2D eigenvalue weighted by Gasteiger charge is -2.14. The lowest BCUT2D eigenvalue weighted by atomic mass is 10.1. The Morgan fingerprint density at radius 2 is 2.27 bits per heavy atom. The Balaban J connectivity index is 3.02. The van der Waals surface area contributed by atoms with Crippen LogP contribution in [-0.2, 0) is 6.42 Å². The number of methoxy groups -OCH3 is 1. The van der Waals surface area contributed by atoms with Gasteiger partial charge in [-0.1, -0.05) is 11.6 Å². The Kier molecular flexibility index (Phi) is 2.36. The second-order valence-corrected chi connectivity index (χ2v) is 2.22. The molecule has 0 aliphatic heterocycles. The van der Waals surface area contributed by atoms with Gasteiger partial charge in [-0.3, -0.25) is 0 Å². The molecule has 1 aromatic carbocycles. The molecular formula is C9H10O2-2. The van der Waals surface area contributed by atoms with Gasteiger partial charge >= 0.3 is 0 Å². The second kappa shape index (κ2) is 3.28. The smallest absolute Gasteiger partial charge is 0.118 e. The minimum Gasteiger partial charge on any atom is -0.872 e. The molecule has 0 saturated heterocycles. The van der Waals surface area contributed by atoms with Crippen LogP contribution in [0.4, 0.5) is 0 Å². The van der Waals surface area contributed by atoms with E-state index in [1.54, 1.807) is 19.2 Å². The predicted octanol–water partition coefficient (Wildman–Crippen LogP) is 1.15. The molecule has 1 rings (SSSR count). The summed E-state index contributed by atoms with van der Waals surface area (Å²) in [6, 6.07) is 4.87. The van der Waals surface area contributed by atoms with Gasteiger partial charge in [0.15, 0.2) is 0 Å². The quantitative estimate of drug-likeness (QED) is 0.592. The van der Waals surface area contributed by atoms with E-state index in [0.717, 1.165) is 0 Å². The maximum absolute atomic E-state index is 11.0. The highest BCUT2D eigenvalue weighted by Crippen LogP contribution is 2.20. The van der Waals surface area contributed by atoms with E-state index in [-0.39, 0.29) is 5.75 Å². The van der Waals surface area contributed by atoms with Crippen LogP contribution in [0.2, 0.25) is 0 Å². The molecule has 60 valence electrons. The highest BCUT2D eigenvalue weighted by atomic mass is 16.5. The molecule has 2 heteroatoms. The molecule has 0 saturated carbocycles. The molecular weight excluding hydrogens is 140 g/mol. The molecule has 2 nitrogen and oxygen atoms in total. The summed E-state index contributed by atoms with van der Waals surface area (Å²) >= 11 is 0. The second-order valence-electron chi connectivity index (χ2n) is 2.22. The zero-order valence-electron chi connectivity index (χ0n) is 6.46. The van der Waals surface area contributed by atoms with Gasteiger partial charge in [0.2, 0.25) is 0 Å². The van der Waals surface area contributed by atoms with Crippen LogP contribution >= 0.6 is 0 Å². The summed E-state index contributed by atoms with van der Waals surface area (Å²) < 4.78 is 4.94. The Morgan fingerprint density at radius 3 is 2.82 bits per heavy atom. The molecule has 0 aliphatic rings. The molecule has 0 N–H and O–H groups in total. The van der Waals surface area contributed by atoms with Crippen LogP contribution in [0.3, 0.4) is 0 Å². The third-order valence-electron chi connectivity index (χ3n) is 1.54. The van der Waals surface area contributed by atoms with Crippen molar-refractivity contribution in [1.29, 1.82) is 0 Å². The van der Waals surface area contributed by atoms with Crippen LogP contribution in [0.25, 0.3) is 0 Å². The first-order chi connectivity index (χ1) is 5.27. The largest absolute Gasteiger partial charge is 0.872 e. The van der Waals surface area contributed by atoms with Crippen molar-refractivity contribution < 1.29 is 9.84 Å². The van der Waals surface area contributed by atoms with Crippen LogP contribution in [0, 0.1) is 6.92 Å². The Morgan fingerprint density at radius 1 is 1.55 bits per heavy atom. The maximum Gasteiger partial charge on any atom is 0.118 e. The summed E-state index contributed by atoms with van der Waals surface area (Å²) in [5.74, 6) is 0.740. The number of rotatable bonds is 2. The third-order valence-corrected chi connectivity index (χ3v) is 1.54. The van der Waals surface area contributed by atoms with E-state index in [1.807, 2.05) is 0 Å². The van der Waals surface area contributed by atoms with Gasteiger partial charge in [-0.2, -0.15) is 6.42 Å². The first-order valence-corrected chi connectivity index (χ1v) is 3.41. The Bertz CT molecular complexity index is 243. The molecule has 0 radical (unpaired) electrons. The minimum absolute atomic E-state index is 0.0285. The van der Waals surface area contributed by atoms with E-state index in [2.05, 4.69) is 6.92 Å². The summed E-state index contributed by atoms with van der Waals surface area (Å²) in [5.41, 5.74) is 0.698. The van der Waals surface area contributed by atoms with Gasteiger partial charge in [-0.05, 0) is 12.1 Å². The highest BCUT2D eigenvalue weighted by molar-refractivity contribution is 5.38. The van der Waals surface area contributed by atoms with E-state index < -0.39 is 0 Å². The van der Waals surface area contributed by atoms with Gasteiger partial charge in [0.1, 0.15) is 5.75 Å². The summed E-state index contributed by atoms with van der Waals surface area (Å²) in [6.45, 7) is 3.64.